The monoisotopic (exact) mass is 376 g/mol. The fraction of sp³-hybridized carbons (Fsp3) is 0.368. The smallest absolute Gasteiger partial charge is 0.309 e. The predicted octanol–water partition coefficient (Wildman–Crippen LogP) is 6.62. The van der Waals surface area contributed by atoms with Crippen molar-refractivity contribution in [1.29, 1.82) is 0 Å². The number of hydrogen-bond donors (Lipinski definition) is 0. The first-order valence-electron chi connectivity index (χ1n) is 8.06. The van der Waals surface area contributed by atoms with Crippen LogP contribution in [0.15, 0.2) is 42.5 Å². The Labute approximate surface area is 147 Å². The van der Waals surface area contributed by atoms with Gasteiger partial charge in [-0.05, 0) is 36.6 Å². The van der Waals surface area contributed by atoms with Gasteiger partial charge < -0.3 is 4.74 Å². The van der Waals surface area contributed by atoms with Gasteiger partial charge in [0.05, 0.1) is 17.2 Å². The van der Waals surface area contributed by atoms with Crippen molar-refractivity contribution in [2.45, 2.75) is 45.1 Å². The van der Waals surface area contributed by atoms with Gasteiger partial charge in [0.15, 0.2) is 0 Å². The van der Waals surface area contributed by atoms with Crippen LogP contribution in [0, 0.1) is 5.82 Å². The van der Waals surface area contributed by atoms with Gasteiger partial charge in [0.25, 0.3) is 0 Å². The molecule has 2 rings (SSSR count). The summed E-state index contributed by atoms with van der Waals surface area (Å²) in [5.41, 5.74) is -1.04. The van der Waals surface area contributed by atoms with E-state index >= 15 is 0 Å². The molecule has 0 aliphatic heterocycles. The number of rotatable bonds is 6. The van der Waals surface area contributed by atoms with Crippen LogP contribution in [0.25, 0.3) is 0 Å². The summed E-state index contributed by atoms with van der Waals surface area (Å²) in [5, 5.41) is 0. The number of benzene rings is 2. The van der Waals surface area contributed by atoms with E-state index in [-0.39, 0.29) is 11.1 Å². The molecule has 0 saturated heterocycles. The van der Waals surface area contributed by atoms with Gasteiger partial charge in [-0.25, -0.2) is 4.39 Å². The topological polar surface area (TPSA) is 9.23 Å². The maximum absolute atomic E-state index is 14.3. The Kier molecular flexibility index (Phi) is 6.01. The lowest BCUT2D eigenvalue weighted by Crippen LogP contribution is -2.20. The van der Waals surface area contributed by atoms with Crippen molar-refractivity contribution < 1.29 is 31.1 Å². The molecule has 1 atom stereocenters. The lowest BCUT2D eigenvalue weighted by atomic mass is 10.1. The van der Waals surface area contributed by atoms with Gasteiger partial charge in [0.2, 0.25) is 0 Å². The second-order valence-electron chi connectivity index (χ2n) is 5.96. The molecule has 142 valence electrons. The van der Waals surface area contributed by atoms with Crippen LogP contribution < -0.4 is 0 Å². The van der Waals surface area contributed by atoms with Crippen molar-refractivity contribution in [2.75, 3.05) is 0 Å². The summed E-state index contributed by atoms with van der Waals surface area (Å²) < 4.78 is 84.6. The van der Waals surface area contributed by atoms with Crippen LogP contribution in [0.2, 0.25) is 0 Å². The highest BCUT2D eigenvalue weighted by molar-refractivity contribution is 5.28. The molecular formula is C19H18F6O. The van der Waals surface area contributed by atoms with Crippen LogP contribution in [-0.2, 0) is 23.4 Å². The summed E-state index contributed by atoms with van der Waals surface area (Å²) in [6.45, 7) is 3.19. The van der Waals surface area contributed by atoms with E-state index in [0.29, 0.717) is 12.1 Å². The molecule has 0 amide bonds. The Morgan fingerprint density at radius 3 is 2.08 bits per heavy atom. The average molecular weight is 376 g/mol. The first-order valence-corrected chi connectivity index (χ1v) is 8.06. The fourth-order valence-corrected chi connectivity index (χ4v) is 2.53. The minimum Gasteiger partial charge on any atom is -0.309 e. The highest BCUT2D eigenvalue weighted by atomic mass is 19.4. The van der Waals surface area contributed by atoms with E-state index in [2.05, 4.69) is 0 Å². The van der Waals surface area contributed by atoms with E-state index in [4.69, 9.17) is 4.74 Å². The summed E-state index contributed by atoms with van der Waals surface area (Å²) in [7, 11) is 0. The zero-order valence-electron chi connectivity index (χ0n) is 14.2. The van der Waals surface area contributed by atoms with Gasteiger partial charge in [-0.15, -0.1) is 0 Å². The van der Waals surface area contributed by atoms with Crippen LogP contribution in [0.1, 0.15) is 48.6 Å². The van der Waals surface area contributed by atoms with Crippen molar-refractivity contribution in [1.82, 2.24) is 0 Å². The number of alkyl halides is 5. The Morgan fingerprint density at radius 1 is 0.962 bits per heavy atom. The van der Waals surface area contributed by atoms with Crippen molar-refractivity contribution in [2.24, 2.45) is 0 Å². The largest absolute Gasteiger partial charge is 0.419 e. The zero-order valence-corrected chi connectivity index (χ0v) is 14.2. The second kappa shape index (κ2) is 7.70. The summed E-state index contributed by atoms with van der Waals surface area (Å²) in [5.74, 6) is -1.53. The molecule has 0 bridgehead atoms. The molecule has 26 heavy (non-hydrogen) atoms. The summed E-state index contributed by atoms with van der Waals surface area (Å²) in [6.07, 6.45) is -8.19. The third-order valence-corrected chi connectivity index (χ3v) is 3.92. The average Bonchev–Trinajstić information content (AvgIpc) is 2.54. The van der Waals surface area contributed by atoms with E-state index in [1.807, 2.05) is 6.92 Å². The Morgan fingerprint density at radius 2 is 1.58 bits per heavy atom. The van der Waals surface area contributed by atoms with Gasteiger partial charge in [0.1, 0.15) is 5.82 Å². The summed E-state index contributed by atoms with van der Waals surface area (Å²) in [6, 6.07) is 7.63. The van der Waals surface area contributed by atoms with E-state index in [1.54, 1.807) is 12.1 Å². The van der Waals surface area contributed by atoms with E-state index in [9.17, 15) is 26.3 Å². The molecule has 1 unspecified atom stereocenters. The molecule has 0 fully saturated rings. The molecular weight excluding hydrogens is 358 g/mol. The molecule has 0 saturated carbocycles. The summed E-state index contributed by atoms with van der Waals surface area (Å²) >= 11 is 0. The first-order chi connectivity index (χ1) is 12.0. The van der Waals surface area contributed by atoms with Crippen molar-refractivity contribution in [3.05, 3.63) is 70.5 Å². The molecule has 0 radical (unpaired) electrons. The highest BCUT2D eigenvalue weighted by Gasteiger charge is 2.37. The number of ether oxygens (including phenoxy) is 1. The highest BCUT2D eigenvalue weighted by Crippen LogP contribution is 2.37. The minimum absolute atomic E-state index is 0.113. The van der Waals surface area contributed by atoms with Gasteiger partial charge in [-0.2, -0.15) is 22.0 Å². The van der Waals surface area contributed by atoms with Crippen LogP contribution in [0.3, 0.4) is 0 Å². The quantitative estimate of drug-likeness (QED) is 0.515. The van der Waals surface area contributed by atoms with Crippen LogP contribution in [-0.4, -0.2) is 0 Å². The fourth-order valence-electron chi connectivity index (χ4n) is 2.53. The van der Waals surface area contributed by atoms with Crippen LogP contribution in [0.4, 0.5) is 26.3 Å². The van der Waals surface area contributed by atoms with E-state index < -0.39 is 29.8 Å². The molecule has 0 aliphatic carbocycles. The Bertz CT molecular complexity index is 737. The van der Waals surface area contributed by atoms with Crippen molar-refractivity contribution in [3.63, 3.8) is 0 Å². The van der Waals surface area contributed by atoms with E-state index in [1.165, 1.54) is 19.1 Å². The standard InChI is InChI=1S/C19H18F6O/c1-3-4-13-5-8-15(9-6-13)19(24,25)26-12(2)14-7-10-16(17(20)11-14)18(21,22)23/h5-12H,3-4H2,1-2H3. The summed E-state index contributed by atoms with van der Waals surface area (Å²) in [4.78, 5) is 0. The normalized spacial score (nSPS) is 13.7. The molecule has 0 N–H and O–H groups in total. The minimum atomic E-state index is -4.85. The van der Waals surface area contributed by atoms with Gasteiger partial charge in [0, 0.05) is 0 Å². The van der Waals surface area contributed by atoms with Crippen LogP contribution in [0.5, 0.6) is 0 Å². The molecule has 1 nitrogen and oxygen atoms in total. The van der Waals surface area contributed by atoms with Crippen molar-refractivity contribution >= 4 is 0 Å². The lowest BCUT2D eigenvalue weighted by Gasteiger charge is -2.23. The third kappa shape index (κ3) is 4.78. The molecule has 0 heterocycles. The van der Waals surface area contributed by atoms with E-state index in [0.717, 1.165) is 24.5 Å². The third-order valence-electron chi connectivity index (χ3n) is 3.92. The zero-order chi connectivity index (χ0) is 19.5. The molecule has 2 aromatic rings. The maximum Gasteiger partial charge on any atom is 0.419 e. The van der Waals surface area contributed by atoms with Crippen molar-refractivity contribution in [3.8, 4) is 0 Å². The Balaban J connectivity index is 2.17. The molecule has 0 spiro atoms. The second-order valence-corrected chi connectivity index (χ2v) is 5.96. The van der Waals surface area contributed by atoms with Gasteiger partial charge in [-0.3, -0.25) is 0 Å². The van der Waals surface area contributed by atoms with Gasteiger partial charge >= 0.3 is 12.3 Å². The maximum atomic E-state index is 14.3. The number of halogens is 6. The first kappa shape index (κ1) is 20.3. The lowest BCUT2D eigenvalue weighted by molar-refractivity contribution is -0.272. The molecule has 0 aromatic heterocycles. The molecule has 7 heteroatoms. The number of aryl methyl sites for hydroxylation is 1. The van der Waals surface area contributed by atoms with Gasteiger partial charge in [-0.1, -0.05) is 43.7 Å². The molecule has 0 aliphatic rings. The molecule has 2 aromatic carbocycles. The SMILES string of the molecule is CCCc1ccc(C(F)(F)OC(C)c2ccc(C(F)(F)F)c(F)c2)cc1. The number of hydrogen-bond acceptors (Lipinski definition) is 1. The predicted molar refractivity (Wildman–Crippen MR) is 85.2 cm³/mol. The Hall–Kier alpha value is -2.02. The van der Waals surface area contributed by atoms with Crippen LogP contribution >= 0.6 is 0 Å².